The molecular weight excluding hydrogens is 305 g/mol. The van der Waals surface area contributed by atoms with Gasteiger partial charge >= 0.3 is 0 Å². The lowest BCUT2D eigenvalue weighted by atomic mass is 9.80. The molecule has 1 N–H and O–H groups in total. The number of hydrogen-bond acceptors (Lipinski definition) is 4. The molecule has 122 valence electrons. The normalized spacial score (nSPS) is 20.7. The molecule has 1 fully saturated rings. The molecule has 1 atom stereocenters. The highest BCUT2D eigenvalue weighted by Gasteiger charge is 2.40. The molecule has 4 nitrogen and oxygen atoms in total. The van der Waals surface area contributed by atoms with Crippen molar-refractivity contribution in [3.05, 3.63) is 66.2 Å². The summed E-state index contributed by atoms with van der Waals surface area (Å²) in [7, 11) is 0. The molecule has 1 aliphatic heterocycles. The van der Waals surface area contributed by atoms with Gasteiger partial charge in [-0.2, -0.15) is 0 Å². The fourth-order valence-electron chi connectivity index (χ4n) is 3.59. The Bertz CT molecular complexity index is 871. The van der Waals surface area contributed by atoms with E-state index in [4.69, 9.17) is 0 Å². The van der Waals surface area contributed by atoms with Gasteiger partial charge in [0, 0.05) is 23.9 Å². The summed E-state index contributed by atoms with van der Waals surface area (Å²) in [6.07, 6.45) is 2.23. The summed E-state index contributed by atoms with van der Waals surface area (Å²) in [5.41, 5.74) is 1.15. The molecule has 0 radical (unpaired) electrons. The number of fused-ring (bicyclic) bond motifs is 1. The van der Waals surface area contributed by atoms with Crippen LogP contribution in [-0.2, 0) is 5.41 Å². The van der Waals surface area contributed by atoms with Gasteiger partial charge in [-0.1, -0.05) is 36.4 Å². The molecule has 0 saturated carbocycles. The van der Waals surface area contributed by atoms with E-state index in [0.29, 0.717) is 17.4 Å². The first-order valence-corrected chi connectivity index (χ1v) is 8.04. The third-order valence-electron chi connectivity index (χ3n) is 4.94. The van der Waals surface area contributed by atoms with Gasteiger partial charge in [0.2, 0.25) is 0 Å². The van der Waals surface area contributed by atoms with Crippen molar-refractivity contribution in [1.82, 2.24) is 9.97 Å². The van der Waals surface area contributed by atoms with Gasteiger partial charge in [-0.05, 0) is 24.1 Å². The van der Waals surface area contributed by atoms with Crippen molar-refractivity contribution in [3.63, 3.8) is 0 Å². The molecule has 2 aromatic carbocycles. The van der Waals surface area contributed by atoms with Gasteiger partial charge in [-0.15, -0.1) is 0 Å². The van der Waals surface area contributed by atoms with Gasteiger partial charge in [-0.25, -0.2) is 14.4 Å². The maximum absolute atomic E-state index is 14.0. The molecule has 5 heteroatoms. The van der Waals surface area contributed by atoms with Crippen LogP contribution in [0.15, 0.2) is 54.9 Å². The third-order valence-corrected chi connectivity index (χ3v) is 4.94. The molecule has 0 amide bonds. The summed E-state index contributed by atoms with van der Waals surface area (Å²) in [6.45, 7) is 1.49. The number of para-hydroxylation sites is 1. The van der Waals surface area contributed by atoms with E-state index in [1.54, 1.807) is 6.07 Å². The molecule has 1 aliphatic rings. The van der Waals surface area contributed by atoms with E-state index in [1.807, 2.05) is 24.3 Å². The lowest BCUT2D eigenvalue weighted by molar-refractivity contribution is 0.207. The van der Waals surface area contributed by atoms with Crippen LogP contribution in [0.2, 0.25) is 0 Å². The molecule has 2 heterocycles. The molecule has 0 aliphatic carbocycles. The van der Waals surface area contributed by atoms with E-state index in [9.17, 15) is 9.50 Å². The number of halogens is 1. The van der Waals surface area contributed by atoms with E-state index in [2.05, 4.69) is 27.0 Å². The number of hydrogen-bond donors (Lipinski definition) is 1. The van der Waals surface area contributed by atoms with Crippen molar-refractivity contribution in [3.8, 4) is 0 Å². The number of rotatable bonds is 3. The van der Waals surface area contributed by atoms with Crippen LogP contribution in [0.4, 0.5) is 10.2 Å². The number of aliphatic hydroxyl groups excluding tert-OH is 1. The van der Waals surface area contributed by atoms with Gasteiger partial charge in [-0.3, -0.25) is 0 Å². The number of aromatic nitrogens is 2. The Morgan fingerprint density at radius 1 is 1.08 bits per heavy atom. The van der Waals surface area contributed by atoms with Gasteiger partial charge < -0.3 is 10.0 Å². The van der Waals surface area contributed by atoms with Crippen LogP contribution in [0.1, 0.15) is 12.0 Å². The lowest BCUT2D eigenvalue weighted by Crippen LogP contribution is -2.34. The van der Waals surface area contributed by atoms with Crippen molar-refractivity contribution in [2.24, 2.45) is 0 Å². The van der Waals surface area contributed by atoms with Crippen molar-refractivity contribution >= 4 is 16.7 Å². The second kappa shape index (κ2) is 5.83. The monoisotopic (exact) mass is 323 g/mol. The van der Waals surface area contributed by atoms with E-state index in [1.165, 1.54) is 12.4 Å². The Hall–Kier alpha value is -2.53. The standard InChI is InChI=1S/C19H18FN3O/c20-16-8-4-7-15-17(16)21-13-22-18(15)23-10-9-19(11-23,12-24)14-5-2-1-3-6-14/h1-8,13,24H,9-12H2. The summed E-state index contributed by atoms with van der Waals surface area (Å²) >= 11 is 0. The van der Waals surface area contributed by atoms with Gasteiger partial charge in [0.1, 0.15) is 23.5 Å². The van der Waals surface area contributed by atoms with Crippen molar-refractivity contribution in [1.29, 1.82) is 0 Å². The number of nitrogens with zero attached hydrogens (tertiary/aromatic N) is 3. The summed E-state index contributed by atoms with van der Waals surface area (Å²) in [5, 5.41) is 10.8. The van der Waals surface area contributed by atoms with Crippen LogP contribution in [0.3, 0.4) is 0 Å². The van der Waals surface area contributed by atoms with E-state index < -0.39 is 0 Å². The van der Waals surface area contributed by atoms with Gasteiger partial charge in [0.25, 0.3) is 0 Å². The highest BCUT2D eigenvalue weighted by molar-refractivity contribution is 5.89. The second-order valence-electron chi connectivity index (χ2n) is 6.31. The number of aliphatic hydroxyl groups is 1. The summed E-state index contributed by atoms with van der Waals surface area (Å²) in [6, 6.07) is 15.0. The van der Waals surface area contributed by atoms with Crippen LogP contribution in [-0.4, -0.2) is 34.8 Å². The SMILES string of the molecule is OCC1(c2ccccc2)CCN(c2ncnc3c(F)cccc23)C1. The van der Waals surface area contributed by atoms with Crippen LogP contribution in [0, 0.1) is 5.82 Å². The van der Waals surface area contributed by atoms with Crippen LogP contribution in [0.25, 0.3) is 10.9 Å². The molecule has 3 aromatic rings. The quantitative estimate of drug-likeness (QED) is 0.805. The van der Waals surface area contributed by atoms with Gasteiger partial charge in [0.15, 0.2) is 0 Å². The number of anilines is 1. The molecule has 0 spiro atoms. The van der Waals surface area contributed by atoms with Crippen molar-refractivity contribution in [2.45, 2.75) is 11.8 Å². The average Bonchev–Trinajstić information content (AvgIpc) is 3.08. The van der Waals surface area contributed by atoms with Crippen molar-refractivity contribution < 1.29 is 9.50 Å². The Kier molecular flexibility index (Phi) is 3.65. The Balaban J connectivity index is 1.74. The highest BCUT2D eigenvalue weighted by atomic mass is 19.1. The molecular formula is C19H18FN3O. The molecule has 4 rings (SSSR count). The molecule has 1 unspecified atom stereocenters. The fourth-order valence-corrected chi connectivity index (χ4v) is 3.59. The topological polar surface area (TPSA) is 49.2 Å². The minimum atomic E-state index is -0.341. The fraction of sp³-hybridized carbons (Fsp3) is 0.263. The zero-order valence-electron chi connectivity index (χ0n) is 13.2. The summed E-state index contributed by atoms with van der Waals surface area (Å²) < 4.78 is 14.0. The zero-order valence-corrected chi connectivity index (χ0v) is 13.2. The average molecular weight is 323 g/mol. The molecule has 1 saturated heterocycles. The van der Waals surface area contributed by atoms with E-state index in [0.717, 1.165) is 24.3 Å². The van der Waals surface area contributed by atoms with Gasteiger partial charge in [0.05, 0.1) is 6.61 Å². The van der Waals surface area contributed by atoms with Crippen LogP contribution < -0.4 is 4.90 Å². The van der Waals surface area contributed by atoms with Crippen molar-refractivity contribution in [2.75, 3.05) is 24.6 Å². The maximum atomic E-state index is 14.0. The first-order chi connectivity index (χ1) is 11.7. The Morgan fingerprint density at radius 2 is 1.92 bits per heavy atom. The largest absolute Gasteiger partial charge is 0.395 e. The van der Waals surface area contributed by atoms with Crippen LogP contribution >= 0.6 is 0 Å². The predicted molar refractivity (Wildman–Crippen MR) is 91.5 cm³/mol. The summed E-state index contributed by atoms with van der Waals surface area (Å²) in [4.78, 5) is 10.6. The first-order valence-electron chi connectivity index (χ1n) is 8.04. The smallest absolute Gasteiger partial charge is 0.149 e. The predicted octanol–water partition coefficient (Wildman–Crippen LogP) is 2.91. The molecule has 1 aromatic heterocycles. The summed E-state index contributed by atoms with van der Waals surface area (Å²) in [5.74, 6) is 0.387. The second-order valence-corrected chi connectivity index (χ2v) is 6.31. The zero-order chi connectivity index (χ0) is 16.6. The Morgan fingerprint density at radius 3 is 2.71 bits per heavy atom. The Labute approximate surface area is 139 Å². The molecule has 24 heavy (non-hydrogen) atoms. The van der Waals surface area contributed by atoms with E-state index >= 15 is 0 Å². The van der Waals surface area contributed by atoms with E-state index in [-0.39, 0.29) is 17.8 Å². The minimum absolute atomic E-state index is 0.0743. The van der Waals surface area contributed by atoms with Crippen LogP contribution in [0.5, 0.6) is 0 Å². The molecule has 0 bridgehead atoms. The third kappa shape index (κ3) is 2.32. The number of benzene rings is 2. The first kappa shape index (κ1) is 15.0. The lowest BCUT2D eigenvalue weighted by Gasteiger charge is -2.28. The minimum Gasteiger partial charge on any atom is -0.395 e. The maximum Gasteiger partial charge on any atom is 0.149 e. The highest BCUT2D eigenvalue weighted by Crippen LogP contribution is 2.37.